The van der Waals surface area contributed by atoms with Crippen LogP contribution in [0.4, 0.5) is 4.79 Å². The van der Waals surface area contributed by atoms with E-state index in [-0.39, 0.29) is 24.1 Å². The normalized spacial score (nSPS) is 34.8. The molecule has 5 heteroatoms. The number of aliphatic hydroxyl groups is 1. The van der Waals surface area contributed by atoms with Gasteiger partial charge in [0.25, 0.3) is 0 Å². The van der Waals surface area contributed by atoms with E-state index in [1.54, 1.807) is 0 Å². The number of amides is 2. The Hall–Kier alpha value is -0.810. The molecule has 1 heterocycles. The van der Waals surface area contributed by atoms with E-state index in [1.807, 2.05) is 6.92 Å². The van der Waals surface area contributed by atoms with Crippen LogP contribution in [0.25, 0.3) is 0 Å². The first-order valence-electron chi connectivity index (χ1n) is 8.86. The van der Waals surface area contributed by atoms with Crippen molar-refractivity contribution in [2.75, 3.05) is 13.2 Å². The molecule has 3 N–H and O–H groups in total. The summed E-state index contributed by atoms with van der Waals surface area (Å²) in [5, 5.41) is 15.8. The molecule has 0 aromatic carbocycles. The smallest absolute Gasteiger partial charge is 0.315 e. The predicted molar refractivity (Wildman–Crippen MR) is 84.6 cm³/mol. The third-order valence-corrected chi connectivity index (χ3v) is 6.14. The quantitative estimate of drug-likeness (QED) is 0.729. The first kappa shape index (κ1) is 16.1. The van der Waals surface area contributed by atoms with Crippen molar-refractivity contribution in [3.05, 3.63) is 0 Å². The summed E-state index contributed by atoms with van der Waals surface area (Å²) in [5.41, 5.74) is -0.351. The fourth-order valence-corrected chi connectivity index (χ4v) is 5.09. The molecule has 3 rings (SSSR count). The molecule has 5 nitrogen and oxygen atoms in total. The minimum atomic E-state index is -0.531. The molecule has 2 aliphatic carbocycles. The molecule has 2 saturated carbocycles. The molecule has 1 spiro atoms. The van der Waals surface area contributed by atoms with Crippen molar-refractivity contribution in [2.24, 2.45) is 11.3 Å². The number of ether oxygens (including phenoxy) is 1. The maximum Gasteiger partial charge on any atom is 0.315 e. The van der Waals surface area contributed by atoms with Crippen LogP contribution in [-0.4, -0.2) is 42.0 Å². The maximum absolute atomic E-state index is 12.5. The summed E-state index contributed by atoms with van der Waals surface area (Å²) in [4.78, 5) is 12.5. The molecule has 3 fully saturated rings. The Kier molecular flexibility index (Phi) is 4.38. The number of carbonyl (C=O) groups is 1. The van der Waals surface area contributed by atoms with Crippen LogP contribution >= 0.6 is 0 Å². The van der Waals surface area contributed by atoms with E-state index in [9.17, 15) is 9.90 Å². The summed E-state index contributed by atoms with van der Waals surface area (Å²) >= 11 is 0. The highest BCUT2D eigenvalue weighted by atomic mass is 16.5. The van der Waals surface area contributed by atoms with Gasteiger partial charge < -0.3 is 20.5 Å². The van der Waals surface area contributed by atoms with Crippen LogP contribution in [0.1, 0.15) is 58.8 Å². The summed E-state index contributed by atoms with van der Waals surface area (Å²) < 4.78 is 5.95. The number of urea groups is 1. The van der Waals surface area contributed by atoms with Gasteiger partial charge in [0.1, 0.15) is 0 Å². The van der Waals surface area contributed by atoms with Gasteiger partial charge in [-0.3, -0.25) is 0 Å². The number of nitrogens with one attached hydrogen (secondary N) is 2. The lowest BCUT2D eigenvalue weighted by atomic mass is 9.54. The van der Waals surface area contributed by atoms with Gasteiger partial charge in [0.2, 0.25) is 0 Å². The lowest BCUT2D eigenvalue weighted by Gasteiger charge is -2.56. The summed E-state index contributed by atoms with van der Waals surface area (Å²) in [6, 6.07) is 0.110. The zero-order valence-electron chi connectivity index (χ0n) is 13.9. The number of hydrogen-bond acceptors (Lipinski definition) is 3. The first-order chi connectivity index (χ1) is 10.5. The van der Waals surface area contributed by atoms with E-state index in [4.69, 9.17) is 4.74 Å². The third-order valence-electron chi connectivity index (χ3n) is 6.14. The fourth-order valence-electron chi connectivity index (χ4n) is 5.09. The molecule has 3 aliphatic rings. The van der Waals surface area contributed by atoms with E-state index < -0.39 is 5.54 Å². The van der Waals surface area contributed by atoms with Gasteiger partial charge in [-0.2, -0.15) is 0 Å². The minimum absolute atomic E-state index is 0.0285. The molecule has 0 radical (unpaired) electrons. The Morgan fingerprint density at radius 2 is 2.14 bits per heavy atom. The summed E-state index contributed by atoms with van der Waals surface area (Å²) in [5.74, 6) is 0.482. The van der Waals surface area contributed by atoms with Crippen molar-refractivity contribution < 1.29 is 14.6 Å². The molecule has 126 valence electrons. The van der Waals surface area contributed by atoms with Crippen molar-refractivity contribution >= 4 is 6.03 Å². The van der Waals surface area contributed by atoms with E-state index >= 15 is 0 Å². The Bertz CT molecular complexity index is 422. The predicted octanol–water partition coefficient (Wildman–Crippen LogP) is 2.18. The Morgan fingerprint density at radius 3 is 2.77 bits per heavy atom. The largest absolute Gasteiger partial charge is 0.394 e. The molecule has 0 aromatic rings. The van der Waals surface area contributed by atoms with Gasteiger partial charge in [-0.15, -0.1) is 0 Å². The van der Waals surface area contributed by atoms with Crippen molar-refractivity contribution in [3.8, 4) is 0 Å². The van der Waals surface area contributed by atoms with Gasteiger partial charge >= 0.3 is 6.03 Å². The van der Waals surface area contributed by atoms with Crippen molar-refractivity contribution in [1.29, 1.82) is 0 Å². The van der Waals surface area contributed by atoms with Crippen LogP contribution < -0.4 is 10.6 Å². The minimum Gasteiger partial charge on any atom is -0.394 e. The molecule has 4 unspecified atom stereocenters. The molecular formula is C17H30N2O3. The fraction of sp³-hybridized carbons (Fsp3) is 0.941. The number of fused-ring (bicyclic) bond motifs is 2. The van der Waals surface area contributed by atoms with Crippen LogP contribution in [-0.2, 0) is 4.74 Å². The molecule has 1 saturated heterocycles. The molecule has 0 bridgehead atoms. The highest BCUT2D eigenvalue weighted by Crippen LogP contribution is 2.60. The molecular weight excluding hydrogens is 280 g/mol. The van der Waals surface area contributed by atoms with Gasteiger partial charge in [-0.05, 0) is 32.6 Å². The monoisotopic (exact) mass is 310 g/mol. The SMILES string of the molecule is CCCC(C)(CO)NC(=O)NC1C2CCOC2C12CCCC2. The first-order valence-corrected chi connectivity index (χ1v) is 8.86. The zero-order chi connectivity index (χ0) is 15.8. The molecule has 22 heavy (non-hydrogen) atoms. The second-order valence-corrected chi connectivity index (χ2v) is 7.73. The van der Waals surface area contributed by atoms with E-state index in [2.05, 4.69) is 17.6 Å². The average molecular weight is 310 g/mol. The maximum atomic E-state index is 12.5. The van der Waals surface area contributed by atoms with Gasteiger partial charge in [-0.1, -0.05) is 26.2 Å². The molecule has 4 atom stereocenters. The van der Waals surface area contributed by atoms with Crippen LogP contribution in [0.3, 0.4) is 0 Å². The van der Waals surface area contributed by atoms with E-state index in [1.165, 1.54) is 25.7 Å². The third kappa shape index (κ3) is 2.52. The van der Waals surface area contributed by atoms with Gasteiger partial charge in [-0.25, -0.2) is 4.79 Å². The number of rotatable bonds is 5. The highest BCUT2D eigenvalue weighted by molar-refractivity contribution is 5.75. The topological polar surface area (TPSA) is 70.6 Å². The summed E-state index contributed by atoms with van der Waals surface area (Å²) in [7, 11) is 0. The van der Waals surface area contributed by atoms with Crippen LogP contribution in [0.2, 0.25) is 0 Å². The van der Waals surface area contributed by atoms with Crippen LogP contribution in [0.15, 0.2) is 0 Å². The van der Waals surface area contributed by atoms with Gasteiger partial charge in [0, 0.05) is 24.0 Å². The van der Waals surface area contributed by atoms with Crippen molar-refractivity contribution in [1.82, 2.24) is 10.6 Å². The van der Waals surface area contributed by atoms with Crippen molar-refractivity contribution in [2.45, 2.75) is 76.5 Å². The summed E-state index contributed by atoms with van der Waals surface area (Å²) in [6.45, 7) is 4.78. The Morgan fingerprint density at radius 1 is 1.41 bits per heavy atom. The van der Waals surface area contributed by atoms with Crippen molar-refractivity contribution in [3.63, 3.8) is 0 Å². The molecule has 2 amide bonds. The second-order valence-electron chi connectivity index (χ2n) is 7.73. The zero-order valence-corrected chi connectivity index (χ0v) is 13.9. The second kappa shape index (κ2) is 6.00. The Balaban J connectivity index is 1.63. The highest BCUT2D eigenvalue weighted by Gasteiger charge is 2.65. The van der Waals surface area contributed by atoms with Crippen LogP contribution in [0, 0.1) is 11.3 Å². The molecule has 0 aromatic heterocycles. The number of aliphatic hydroxyl groups excluding tert-OH is 1. The van der Waals surface area contributed by atoms with E-state index in [0.29, 0.717) is 12.0 Å². The van der Waals surface area contributed by atoms with Gasteiger partial charge in [0.15, 0.2) is 0 Å². The van der Waals surface area contributed by atoms with E-state index in [0.717, 1.165) is 25.9 Å². The standard InChI is InChI=1S/C17H30N2O3/c1-3-7-16(2,11-20)19-15(21)18-13-12-6-10-22-14(12)17(13)8-4-5-9-17/h12-14,20H,3-11H2,1-2H3,(H2,18,19,21). The Labute approximate surface area is 133 Å². The van der Waals surface area contributed by atoms with Gasteiger partial charge in [0.05, 0.1) is 18.2 Å². The van der Waals surface area contributed by atoms with Crippen LogP contribution in [0.5, 0.6) is 0 Å². The number of hydrogen-bond donors (Lipinski definition) is 3. The lowest BCUT2D eigenvalue weighted by molar-refractivity contribution is -0.126. The number of carbonyl (C=O) groups excluding carboxylic acids is 1. The molecule has 1 aliphatic heterocycles. The lowest BCUT2D eigenvalue weighted by Crippen LogP contribution is -2.70. The summed E-state index contributed by atoms with van der Waals surface area (Å²) in [6.07, 6.45) is 7.97. The average Bonchev–Trinajstić information content (AvgIpc) is 3.13.